The van der Waals surface area contributed by atoms with Gasteiger partial charge in [0.05, 0.1) is 0 Å². The Morgan fingerprint density at radius 1 is 1.29 bits per heavy atom. The van der Waals surface area contributed by atoms with Gasteiger partial charge in [-0.05, 0) is 31.9 Å². The van der Waals surface area contributed by atoms with Crippen molar-refractivity contribution >= 4 is 11.5 Å². The number of nitrogens with zero attached hydrogens (tertiary/aromatic N) is 1. The predicted octanol–water partition coefficient (Wildman–Crippen LogP) is 3.76. The summed E-state index contributed by atoms with van der Waals surface area (Å²) in [5.74, 6) is 0.790. The predicted molar refractivity (Wildman–Crippen MR) is 73.8 cm³/mol. The van der Waals surface area contributed by atoms with Crippen LogP contribution in [-0.4, -0.2) is 18.9 Å². The minimum absolute atomic E-state index is 0.142. The van der Waals surface area contributed by atoms with E-state index in [9.17, 15) is 4.79 Å². The van der Waals surface area contributed by atoms with Crippen LogP contribution in [0.3, 0.4) is 0 Å². The topological polar surface area (TPSA) is 20.3 Å². The Balaban J connectivity index is 2.99. The van der Waals surface area contributed by atoms with Crippen LogP contribution >= 0.6 is 0 Å². The van der Waals surface area contributed by atoms with E-state index >= 15 is 0 Å². The third kappa shape index (κ3) is 3.58. The van der Waals surface area contributed by atoms with E-state index in [1.165, 1.54) is 6.42 Å². The van der Waals surface area contributed by atoms with Crippen molar-refractivity contribution in [2.45, 2.75) is 34.1 Å². The van der Waals surface area contributed by atoms with E-state index in [2.05, 4.69) is 25.7 Å². The van der Waals surface area contributed by atoms with E-state index in [1.54, 1.807) is 6.92 Å². The molecule has 0 bridgehead atoms. The first kappa shape index (κ1) is 13.8. The van der Waals surface area contributed by atoms with Gasteiger partial charge < -0.3 is 4.90 Å². The van der Waals surface area contributed by atoms with Crippen LogP contribution in [0, 0.1) is 5.92 Å². The molecule has 0 radical (unpaired) electrons. The molecule has 1 aromatic rings. The van der Waals surface area contributed by atoms with Crippen LogP contribution in [0.2, 0.25) is 0 Å². The summed E-state index contributed by atoms with van der Waals surface area (Å²) in [5.41, 5.74) is 1.90. The molecule has 94 valence electrons. The molecule has 0 fully saturated rings. The largest absolute Gasteiger partial charge is 0.371 e. The summed E-state index contributed by atoms with van der Waals surface area (Å²) in [7, 11) is 0. The third-order valence-corrected chi connectivity index (χ3v) is 3.23. The lowest BCUT2D eigenvalue weighted by molar-refractivity contribution is 0.101. The summed E-state index contributed by atoms with van der Waals surface area (Å²) < 4.78 is 0. The highest BCUT2D eigenvalue weighted by Gasteiger charge is 2.13. The number of benzene rings is 1. The lowest BCUT2D eigenvalue weighted by Gasteiger charge is -2.27. The molecule has 1 rings (SSSR count). The molecule has 0 aromatic heterocycles. The molecule has 0 amide bonds. The number of rotatable bonds is 6. The molecule has 0 aliphatic rings. The Kier molecular flexibility index (Phi) is 5.20. The summed E-state index contributed by atoms with van der Waals surface area (Å²) in [6, 6.07) is 7.89. The monoisotopic (exact) mass is 233 g/mol. The van der Waals surface area contributed by atoms with E-state index in [4.69, 9.17) is 0 Å². The maximum Gasteiger partial charge on any atom is 0.161 e. The molecule has 1 atom stereocenters. The smallest absolute Gasteiger partial charge is 0.161 e. The standard InChI is InChI=1S/C15H23NO/c1-5-12(3)11-16(6-2)15-10-8-7-9-14(15)13(4)17/h7-10,12H,5-6,11H2,1-4H3. The zero-order valence-corrected chi connectivity index (χ0v) is 11.4. The number of ketones is 1. The van der Waals surface area contributed by atoms with E-state index in [1.807, 2.05) is 24.3 Å². The molecule has 0 N–H and O–H groups in total. The first-order valence-corrected chi connectivity index (χ1v) is 6.45. The van der Waals surface area contributed by atoms with Crippen LogP contribution in [0.4, 0.5) is 5.69 Å². The van der Waals surface area contributed by atoms with E-state index in [-0.39, 0.29) is 5.78 Å². The number of anilines is 1. The quantitative estimate of drug-likeness (QED) is 0.697. The fraction of sp³-hybridized carbons (Fsp3) is 0.533. The minimum Gasteiger partial charge on any atom is -0.371 e. The molecule has 0 saturated carbocycles. The van der Waals surface area contributed by atoms with Crippen molar-refractivity contribution in [3.63, 3.8) is 0 Å². The zero-order chi connectivity index (χ0) is 12.8. The Bertz CT molecular complexity index is 373. The van der Waals surface area contributed by atoms with Gasteiger partial charge >= 0.3 is 0 Å². The molecule has 1 unspecified atom stereocenters. The number of Topliss-reactive ketones (excluding diaryl/α,β-unsaturated/α-hetero) is 1. The normalized spacial score (nSPS) is 12.2. The summed E-state index contributed by atoms with van der Waals surface area (Å²) in [5, 5.41) is 0. The maximum absolute atomic E-state index is 11.6. The van der Waals surface area contributed by atoms with Crippen LogP contribution in [0.1, 0.15) is 44.5 Å². The molecule has 0 aliphatic carbocycles. The van der Waals surface area contributed by atoms with Gasteiger partial charge in [0.25, 0.3) is 0 Å². The summed E-state index contributed by atoms with van der Waals surface area (Å²) >= 11 is 0. The van der Waals surface area contributed by atoms with Crippen molar-refractivity contribution in [1.29, 1.82) is 0 Å². The molecule has 0 spiro atoms. The lowest BCUT2D eigenvalue weighted by Crippen LogP contribution is -2.29. The molecule has 17 heavy (non-hydrogen) atoms. The number of hydrogen-bond acceptors (Lipinski definition) is 2. The molecular formula is C15H23NO. The van der Waals surface area contributed by atoms with Crippen LogP contribution < -0.4 is 4.90 Å². The number of hydrogen-bond donors (Lipinski definition) is 0. The molecule has 2 heteroatoms. The molecule has 0 heterocycles. The van der Waals surface area contributed by atoms with Gasteiger partial charge in [-0.15, -0.1) is 0 Å². The molecule has 0 saturated heterocycles. The van der Waals surface area contributed by atoms with Gasteiger partial charge in [0.1, 0.15) is 0 Å². The van der Waals surface area contributed by atoms with E-state index in [0.717, 1.165) is 24.3 Å². The Labute approximate surface area is 105 Å². The Morgan fingerprint density at radius 2 is 1.94 bits per heavy atom. The van der Waals surface area contributed by atoms with Crippen LogP contribution in [0.15, 0.2) is 24.3 Å². The van der Waals surface area contributed by atoms with E-state index < -0.39 is 0 Å². The first-order valence-electron chi connectivity index (χ1n) is 6.45. The van der Waals surface area contributed by atoms with Crippen molar-refractivity contribution in [3.8, 4) is 0 Å². The van der Waals surface area contributed by atoms with Crippen molar-refractivity contribution in [2.75, 3.05) is 18.0 Å². The second-order valence-electron chi connectivity index (χ2n) is 4.63. The second-order valence-corrected chi connectivity index (χ2v) is 4.63. The summed E-state index contributed by atoms with van der Waals surface area (Å²) in [6.45, 7) is 10.2. The van der Waals surface area contributed by atoms with Gasteiger partial charge in [-0.25, -0.2) is 0 Å². The molecule has 0 aliphatic heterocycles. The van der Waals surface area contributed by atoms with Crippen molar-refractivity contribution < 1.29 is 4.79 Å². The highest BCUT2D eigenvalue weighted by Crippen LogP contribution is 2.22. The average Bonchev–Trinajstić information content (AvgIpc) is 2.35. The van der Waals surface area contributed by atoms with Crippen LogP contribution in [-0.2, 0) is 0 Å². The van der Waals surface area contributed by atoms with Crippen molar-refractivity contribution in [1.82, 2.24) is 0 Å². The van der Waals surface area contributed by atoms with E-state index in [0.29, 0.717) is 5.92 Å². The fourth-order valence-corrected chi connectivity index (χ4v) is 1.95. The number of para-hydroxylation sites is 1. The second kappa shape index (κ2) is 6.43. The first-order chi connectivity index (χ1) is 8.10. The molecule has 2 nitrogen and oxygen atoms in total. The van der Waals surface area contributed by atoms with Gasteiger partial charge in [0.2, 0.25) is 0 Å². The minimum atomic E-state index is 0.142. The third-order valence-electron chi connectivity index (χ3n) is 3.23. The van der Waals surface area contributed by atoms with Crippen molar-refractivity contribution in [2.24, 2.45) is 5.92 Å². The average molecular weight is 233 g/mol. The van der Waals surface area contributed by atoms with Gasteiger partial charge in [0.15, 0.2) is 5.78 Å². The maximum atomic E-state index is 11.6. The zero-order valence-electron chi connectivity index (χ0n) is 11.4. The molecule has 1 aromatic carbocycles. The Morgan fingerprint density at radius 3 is 2.47 bits per heavy atom. The van der Waals surface area contributed by atoms with Crippen LogP contribution in [0.5, 0.6) is 0 Å². The van der Waals surface area contributed by atoms with Crippen LogP contribution in [0.25, 0.3) is 0 Å². The SMILES string of the molecule is CCC(C)CN(CC)c1ccccc1C(C)=O. The van der Waals surface area contributed by atoms with Gasteiger partial charge in [0, 0.05) is 24.3 Å². The van der Waals surface area contributed by atoms with Gasteiger partial charge in [-0.1, -0.05) is 32.4 Å². The summed E-state index contributed by atoms with van der Waals surface area (Å²) in [4.78, 5) is 13.9. The van der Waals surface area contributed by atoms with Crippen molar-refractivity contribution in [3.05, 3.63) is 29.8 Å². The summed E-state index contributed by atoms with van der Waals surface area (Å²) in [6.07, 6.45) is 1.17. The highest BCUT2D eigenvalue weighted by molar-refractivity contribution is 5.99. The number of carbonyl (C=O) groups excluding carboxylic acids is 1. The number of carbonyl (C=O) groups is 1. The lowest BCUT2D eigenvalue weighted by atomic mass is 10.1. The highest BCUT2D eigenvalue weighted by atomic mass is 16.1. The van der Waals surface area contributed by atoms with Gasteiger partial charge in [-0.2, -0.15) is 0 Å². The van der Waals surface area contributed by atoms with Gasteiger partial charge in [-0.3, -0.25) is 4.79 Å². The Hall–Kier alpha value is -1.31. The molecular weight excluding hydrogens is 210 g/mol. The fourth-order valence-electron chi connectivity index (χ4n) is 1.95.